The molecule has 2 rings (SSSR count). The Bertz CT molecular complexity index is 566. The van der Waals surface area contributed by atoms with Gasteiger partial charge in [-0.1, -0.05) is 36.4 Å². The second kappa shape index (κ2) is 5.19. The number of ketones is 1. The van der Waals surface area contributed by atoms with Crippen LogP contribution in [0.5, 0.6) is 11.5 Å². The number of allylic oxidation sites excluding steroid dienone is 1. The third kappa shape index (κ3) is 2.98. The summed E-state index contributed by atoms with van der Waals surface area (Å²) in [6.07, 6.45) is 2.96. The number of phenolic OH excluding ortho intramolecular Hbond substituents is 2. The largest absolute Gasteiger partial charge is 0.508 e. The van der Waals surface area contributed by atoms with Gasteiger partial charge in [0.05, 0.1) is 0 Å². The van der Waals surface area contributed by atoms with Gasteiger partial charge < -0.3 is 10.2 Å². The molecule has 2 aromatic carbocycles. The Balaban J connectivity index is 2.18. The van der Waals surface area contributed by atoms with Crippen LogP contribution in [0.15, 0.2) is 54.6 Å². The maximum atomic E-state index is 11.8. The minimum Gasteiger partial charge on any atom is -0.508 e. The molecule has 0 unspecified atom stereocenters. The molecule has 0 aliphatic rings. The van der Waals surface area contributed by atoms with Crippen molar-refractivity contribution >= 4 is 11.9 Å². The van der Waals surface area contributed by atoms with Crippen molar-refractivity contribution in [3.63, 3.8) is 0 Å². The summed E-state index contributed by atoms with van der Waals surface area (Å²) in [5.74, 6) is -0.206. The lowest BCUT2D eigenvalue weighted by atomic mass is 10.1. The molecular weight excluding hydrogens is 228 g/mol. The maximum Gasteiger partial charge on any atom is 0.185 e. The molecule has 0 bridgehead atoms. The minimum atomic E-state index is -0.126. The zero-order valence-electron chi connectivity index (χ0n) is 9.58. The molecule has 0 saturated carbocycles. The van der Waals surface area contributed by atoms with E-state index in [0.717, 1.165) is 0 Å². The van der Waals surface area contributed by atoms with Crippen molar-refractivity contribution in [2.75, 3.05) is 0 Å². The van der Waals surface area contributed by atoms with Gasteiger partial charge in [-0.25, -0.2) is 0 Å². The number of phenols is 2. The molecule has 0 aromatic heterocycles. The predicted molar refractivity (Wildman–Crippen MR) is 69.6 cm³/mol. The summed E-state index contributed by atoms with van der Waals surface area (Å²) in [5, 5.41) is 18.6. The van der Waals surface area contributed by atoms with Crippen molar-refractivity contribution in [3.05, 3.63) is 65.7 Å². The number of carbonyl (C=O) groups is 1. The Hall–Kier alpha value is -2.55. The molecule has 0 amide bonds. The SMILES string of the molecule is O=C(C=Cc1cc(O)cc(O)c1)c1ccccc1. The van der Waals surface area contributed by atoms with E-state index < -0.39 is 0 Å². The monoisotopic (exact) mass is 240 g/mol. The molecule has 0 saturated heterocycles. The molecule has 90 valence electrons. The van der Waals surface area contributed by atoms with E-state index in [1.165, 1.54) is 24.3 Å². The van der Waals surface area contributed by atoms with Crippen LogP contribution in [-0.4, -0.2) is 16.0 Å². The molecule has 2 N–H and O–H groups in total. The second-order valence-electron chi connectivity index (χ2n) is 3.85. The van der Waals surface area contributed by atoms with E-state index in [1.807, 2.05) is 6.07 Å². The van der Waals surface area contributed by atoms with Crippen LogP contribution in [0, 0.1) is 0 Å². The molecule has 0 radical (unpaired) electrons. The summed E-state index contributed by atoms with van der Waals surface area (Å²) in [7, 11) is 0. The van der Waals surface area contributed by atoms with Gasteiger partial charge in [0.15, 0.2) is 5.78 Å². The number of benzene rings is 2. The molecule has 3 nitrogen and oxygen atoms in total. The van der Waals surface area contributed by atoms with Gasteiger partial charge >= 0.3 is 0 Å². The fourth-order valence-electron chi connectivity index (χ4n) is 1.58. The minimum absolute atomic E-state index is 0.0400. The topological polar surface area (TPSA) is 57.5 Å². The van der Waals surface area contributed by atoms with Gasteiger partial charge in [0.1, 0.15) is 11.5 Å². The van der Waals surface area contributed by atoms with Crippen molar-refractivity contribution in [1.29, 1.82) is 0 Å². The molecule has 18 heavy (non-hydrogen) atoms. The standard InChI is InChI=1S/C15H12O3/c16-13-8-11(9-14(17)10-13)6-7-15(18)12-4-2-1-3-5-12/h1-10,16-17H. The van der Waals surface area contributed by atoms with Crippen LogP contribution in [-0.2, 0) is 0 Å². The van der Waals surface area contributed by atoms with E-state index in [9.17, 15) is 15.0 Å². The molecule has 0 aliphatic carbocycles. The van der Waals surface area contributed by atoms with Crippen LogP contribution < -0.4 is 0 Å². The molecule has 0 aliphatic heterocycles. The van der Waals surface area contributed by atoms with Crippen molar-refractivity contribution in [3.8, 4) is 11.5 Å². The number of carbonyl (C=O) groups excluding carboxylic acids is 1. The molecule has 0 heterocycles. The van der Waals surface area contributed by atoms with Crippen molar-refractivity contribution in [2.45, 2.75) is 0 Å². The fraction of sp³-hybridized carbons (Fsp3) is 0. The average Bonchev–Trinajstić information content (AvgIpc) is 2.36. The zero-order chi connectivity index (χ0) is 13.0. The summed E-state index contributed by atoms with van der Waals surface area (Å²) in [5.41, 5.74) is 1.16. The molecular formula is C15H12O3. The first kappa shape index (κ1) is 11.9. The third-order valence-electron chi connectivity index (χ3n) is 2.41. The van der Waals surface area contributed by atoms with Crippen molar-refractivity contribution in [2.24, 2.45) is 0 Å². The lowest BCUT2D eigenvalue weighted by Gasteiger charge is -1.98. The van der Waals surface area contributed by atoms with E-state index in [0.29, 0.717) is 11.1 Å². The number of hydrogen-bond donors (Lipinski definition) is 2. The summed E-state index contributed by atoms with van der Waals surface area (Å²) < 4.78 is 0. The van der Waals surface area contributed by atoms with E-state index in [-0.39, 0.29) is 17.3 Å². The highest BCUT2D eigenvalue weighted by Gasteiger charge is 2.00. The van der Waals surface area contributed by atoms with Crippen molar-refractivity contribution < 1.29 is 15.0 Å². The maximum absolute atomic E-state index is 11.8. The molecule has 2 aromatic rings. The first-order valence-electron chi connectivity index (χ1n) is 5.45. The predicted octanol–water partition coefficient (Wildman–Crippen LogP) is 2.99. The normalized spacial score (nSPS) is 10.7. The molecule has 0 atom stereocenters. The van der Waals surface area contributed by atoms with E-state index in [2.05, 4.69) is 0 Å². The third-order valence-corrected chi connectivity index (χ3v) is 2.41. The fourth-order valence-corrected chi connectivity index (χ4v) is 1.58. The summed E-state index contributed by atoms with van der Waals surface area (Å²) in [6, 6.07) is 13.1. The van der Waals surface area contributed by atoms with Crippen LogP contribution >= 0.6 is 0 Å². The van der Waals surface area contributed by atoms with E-state index >= 15 is 0 Å². The summed E-state index contributed by atoms with van der Waals surface area (Å²) >= 11 is 0. The van der Waals surface area contributed by atoms with Crippen LogP contribution in [0.3, 0.4) is 0 Å². The quantitative estimate of drug-likeness (QED) is 0.640. The van der Waals surface area contributed by atoms with Gasteiger partial charge in [-0.05, 0) is 23.8 Å². The Morgan fingerprint density at radius 2 is 1.56 bits per heavy atom. The van der Waals surface area contributed by atoms with Crippen molar-refractivity contribution in [1.82, 2.24) is 0 Å². The number of aromatic hydroxyl groups is 2. The molecule has 3 heteroatoms. The molecule has 0 fully saturated rings. The average molecular weight is 240 g/mol. The highest BCUT2D eigenvalue weighted by atomic mass is 16.3. The van der Waals surface area contributed by atoms with Crippen LogP contribution in [0.2, 0.25) is 0 Å². The van der Waals surface area contributed by atoms with Gasteiger partial charge in [-0.15, -0.1) is 0 Å². The van der Waals surface area contributed by atoms with Gasteiger partial charge in [0.25, 0.3) is 0 Å². The second-order valence-corrected chi connectivity index (χ2v) is 3.85. The molecule has 0 spiro atoms. The highest BCUT2D eigenvalue weighted by Crippen LogP contribution is 2.21. The highest BCUT2D eigenvalue weighted by molar-refractivity contribution is 6.06. The van der Waals surface area contributed by atoms with Crippen LogP contribution in [0.25, 0.3) is 6.08 Å². The van der Waals surface area contributed by atoms with E-state index in [1.54, 1.807) is 30.3 Å². The van der Waals surface area contributed by atoms with Gasteiger partial charge in [-0.3, -0.25) is 4.79 Å². The first-order chi connectivity index (χ1) is 8.65. The van der Waals surface area contributed by atoms with Gasteiger partial charge in [0.2, 0.25) is 0 Å². The number of rotatable bonds is 3. The first-order valence-corrected chi connectivity index (χ1v) is 5.45. The van der Waals surface area contributed by atoms with Crippen LogP contribution in [0.1, 0.15) is 15.9 Å². The zero-order valence-corrected chi connectivity index (χ0v) is 9.58. The Morgan fingerprint density at radius 3 is 2.17 bits per heavy atom. The Kier molecular flexibility index (Phi) is 3.44. The number of hydrogen-bond acceptors (Lipinski definition) is 3. The van der Waals surface area contributed by atoms with Gasteiger partial charge in [0, 0.05) is 11.6 Å². The summed E-state index contributed by atoms with van der Waals surface area (Å²) in [4.78, 5) is 11.8. The van der Waals surface area contributed by atoms with Gasteiger partial charge in [-0.2, -0.15) is 0 Å². The van der Waals surface area contributed by atoms with E-state index in [4.69, 9.17) is 0 Å². The summed E-state index contributed by atoms with van der Waals surface area (Å²) in [6.45, 7) is 0. The smallest absolute Gasteiger partial charge is 0.185 e. The lowest BCUT2D eigenvalue weighted by molar-refractivity contribution is 0.104. The Morgan fingerprint density at radius 1 is 0.944 bits per heavy atom. The lowest BCUT2D eigenvalue weighted by Crippen LogP contribution is -1.92. The van der Waals surface area contributed by atoms with Crippen LogP contribution in [0.4, 0.5) is 0 Å². The Labute approximate surface area is 105 Å².